The van der Waals surface area contributed by atoms with Crippen LogP contribution in [0.3, 0.4) is 0 Å². The van der Waals surface area contributed by atoms with Gasteiger partial charge in [0.15, 0.2) is 0 Å². The number of aryl methyl sites for hydroxylation is 1. The molecule has 0 saturated heterocycles. The van der Waals surface area contributed by atoms with E-state index in [1.807, 2.05) is 0 Å². The molecular weight excluding hydrogens is 229 g/mol. The number of benzene rings is 1. The van der Waals surface area contributed by atoms with Gasteiger partial charge in [-0.3, -0.25) is 0 Å². The molecule has 0 spiro atoms. The van der Waals surface area contributed by atoms with Gasteiger partial charge in [-0.05, 0) is 30.7 Å². The van der Waals surface area contributed by atoms with Crippen molar-refractivity contribution in [2.75, 3.05) is 13.1 Å². The fourth-order valence-corrected chi connectivity index (χ4v) is 3.03. The van der Waals surface area contributed by atoms with E-state index in [-0.39, 0.29) is 4.90 Å². The zero-order valence-electron chi connectivity index (χ0n) is 9.70. The second-order valence-electron chi connectivity index (χ2n) is 3.50. The molecule has 0 aliphatic heterocycles. The molecule has 0 bridgehead atoms. The summed E-state index contributed by atoms with van der Waals surface area (Å²) in [5, 5.41) is 0. The van der Waals surface area contributed by atoms with Crippen molar-refractivity contribution in [3.8, 4) is 0 Å². The predicted molar refractivity (Wildman–Crippen MR) is 61.2 cm³/mol. The lowest BCUT2D eigenvalue weighted by Crippen LogP contribution is -2.30. The van der Waals surface area contributed by atoms with Gasteiger partial charge in [0.1, 0.15) is 5.82 Å². The number of halogens is 1. The van der Waals surface area contributed by atoms with E-state index in [1.165, 1.54) is 22.5 Å². The average molecular weight is 245 g/mol. The van der Waals surface area contributed by atoms with Crippen molar-refractivity contribution in [3.05, 3.63) is 29.6 Å². The number of rotatable bonds is 4. The highest BCUT2D eigenvalue weighted by Gasteiger charge is 2.21. The van der Waals surface area contributed by atoms with E-state index in [2.05, 4.69) is 0 Å². The van der Waals surface area contributed by atoms with Gasteiger partial charge in [-0.1, -0.05) is 13.8 Å². The van der Waals surface area contributed by atoms with Crippen LogP contribution in [0, 0.1) is 12.7 Å². The Hall–Kier alpha value is -0.940. The first-order valence-electron chi connectivity index (χ1n) is 5.19. The third-order valence-electron chi connectivity index (χ3n) is 2.47. The van der Waals surface area contributed by atoms with E-state index in [0.29, 0.717) is 18.7 Å². The lowest BCUT2D eigenvalue weighted by molar-refractivity contribution is 0.445. The van der Waals surface area contributed by atoms with Crippen LogP contribution < -0.4 is 0 Å². The highest BCUT2D eigenvalue weighted by atomic mass is 32.2. The van der Waals surface area contributed by atoms with E-state index in [9.17, 15) is 12.8 Å². The number of hydrogen-bond acceptors (Lipinski definition) is 2. The van der Waals surface area contributed by atoms with Crippen LogP contribution in [-0.2, 0) is 10.0 Å². The Morgan fingerprint density at radius 3 is 2.25 bits per heavy atom. The molecule has 0 amide bonds. The Morgan fingerprint density at radius 1 is 1.25 bits per heavy atom. The quantitative estimate of drug-likeness (QED) is 0.815. The molecule has 0 aliphatic carbocycles. The SMILES string of the molecule is CCN(CC)S(=O)(=O)c1ccc(F)c(C)c1. The standard InChI is InChI=1S/C11H16FNO2S/c1-4-13(5-2)16(14,15)10-6-7-11(12)9(3)8-10/h6-8H,4-5H2,1-3H3. The van der Waals surface area contributed by atoms with E-state index >= 15 is 0 Å². The molecule has 0 heterocycles. The highest BCUT2D eigenvalue weighted by molar-refractivity contribution is 7.89. The minimum atomic E-state index is -3.47. The maximum Gasteiger partial charge on any atom is 0.243 e. The Morgan fingerprint density at radius 2 is 1.81 bits per heavy atom. The summed E-state index contributed by atoms with van der Waals surface area (Å²) < 4.78 is 38.5. The van der Waals surface area contributed by atoms with Gasteiger partial charge >= 0.3 is 0 Å². The van der Waals surface area contributed by atoms with Gasteiger partial charge in [-0.25, -0.2) is 12.8 Å². The number of hydrogen-bond donors (Lipinski definition) is 0. The average Bonchev–Trinajstić information content (AvgIpc) is 2.23. The molecule has 1 aromatic rings. The molecule has 0 fully saturated rings. The topological polar surface area (TPSA) is 37.4 Å². The van der Waals surface area contributed by atoms with E-state index in [4.69, 9.17) is 0 Å². The molecule has 1 aromatic carbocycles. The van der Waals surface area contributed by atoms with E-state index < -0.39 is 15.8 Å². The monoisotopic (exact) mass is 245 g/mol. The second-order valence-corrected chi connectivity index (χ2v) is 5.44. The predicted octanol–water partition coefficient (Wildman–Crippen LogP) is 2.16. The van der Waals surface area contributed by atoms with Crippen LogP contribution in [0.15, 0.2) is 23.1 Å². The Bertz CT molecular complexity index is 467. The van der Waals surface area contributed by atoms with Crippen molar-refractivity contribution in [1.82, 2.24) is 4.31 Å². The van der Waals surface area contributed by atoms with Gasteiger partial charge in [0.25, 0.3) is 0 Å². The molecule has 0 radical (unpaired) electrons. The summed E-state index contributed by atoms with van der Waals surface area (Å²) in [7, 11) is -3.47. The minimum Gasteiger partial charge on any atom is -0.207 e. The molecule has 0 aliphatic rings. The first kappa shape index (κ1) is 13.1. The molecule has 1 rings (SSSR count). The highest BCUT2D eigenvalue weighted by Crippen LogP contribution is 2.18. The fourth-order valence-electron chi connectivity index (χ4n) is 1.49. The van der Waals surface area contributed by atoms with Crippen LogP contribution in [-0.4, -0.2) is 25.8 Å². The summed E-state index contributed by atoms with van der Waals surface area (Å²) in [5.74, 6) is -0.390. The summed E-state index contributed by atoms with van der Waals surface area (Å²) >= 11 is 0. The van der Waals surface area contributed by atoms with Crippen LogP contribution in [0.1, 0.15) is 19.4 Å². The molecule has 0 N–H and O–H groups in total. The number of sulfonamides is 1. The number of nitrogens with zero attached hydrogens (tertiary/aromatic N) is 1. The van der Waals surface area contributed by atoms with Crippen molar-refractivity contribution < 1.29 is 12.8 Å². The molecule has 3 nitrogen and oxygen atoms in total. The van der Waals surface area contributed by atoms with Crippen molar-refractivity contribution in [2.45, 2.75) is 25.7 Å². The molecule has 0 atom stereocenters. The summed E-state index contributed by atoms with van der Waals surface area (Å²) in [6.07, 6.45) is 0. The Labute approximate surface area is 95.9 Å². The van der Waals surface area contributed by atoms with Gasteiger partial charge in [0, 0.05) is 13.1 Å². The van der Waals surface area contributed by atoms with Crippen LogP contribution in [0.4, 0.5) is 4.39 Å². The van der Waals surface area contributed by atoms with Gasteiger partial charge < -0.3 is 0 Å². The molecule has 0 unspecified atom stereocenters. The van der Waals surface area contributed by atoms with Crippen LogP contribution >= 0.6 is 0 Å². The lowest BCUT2D eigenvalue weighted by atomic mass is 10.2. The normalized spacial score (nSPS) is 12.1. The summed E-state index contributed by atoms with van der Waals surface area (Å²) in [4.78, 5) is 0.148. The third kappa shape index (κ3) is 2.41. The molecule has 5 heteroatoms. The zero-order chi connectivity index (χ0) is 12.3. The molecule has 0 saturated carbocycles. The fraction of sp³-hybridized carbons (Fsp3) is 0.455. The Balaban J connectivity index is 3.22. The largest absolute Gasteiger partial charge is 0.243 e. The van der Waals surface area contributed by atoms with E-state index in [1.54, 1.807) is 20.8 Å². The Kier molecular flexibility index (Phi) is 4.04. The van der Waals surface area contributed by atoms with Crippen LogP contribution in [0.25, 0.3) is 0 Å². The second kappa shape index (κ2) is 4.93. The van der Waals surface area contributed by atoms with E-state index in [0.717, 1.165) is 0 Å². The first-order chi connectivity index (χ1) is 7.43. The first-order valence-corrected chi connectivity index (χ1v) is 6.63. The summed E-state index contributed by atoms with van der Waals surface area (Å²) in [6, 6.07) is 3.85. The maximum atomic E-state index is 13.0. The molecule has 16 heavy (non-hydrogen) atoms. The molecule has 90 valence electrons. The molecular formula is C11H16FNO2S. The van der Waals surface area contributed by atoms with Gasteiger partial charge in [-0.2, -0.15) is 4.31 Å². The van der Waals surface area contributed by atoms with Gasteiger partial charge in [-0.15, -0.1) is 0 Å². The summed E-state index contributed by atoms with van der Waals surface area (Å²) in [6.45, 7) is 5.93. The lowest BCUT2D eigenvalue weighted by Gasteiger charge is -2.18. The summed E-state index contributed by atoms with van der Waals surface area (Å²) in [5.41, 5.74) is 0.341. The van der Waals surface area contributed by atoms with Crippen LogP contribution in [0.2, 0.25) is 0 Å². The van der Waals surface area contributed by atoms with Crippen molar-refractivity contribution in [2.24, 2.45) is 0 Å². The van der Waals surface area contributed by atoms with Crippen LogP contribution in [0.5, 0.6) is 0 Å². The molecule has 0 aromatic heterocycles. The van der Waals surface area contributed by atoms with Crippen molar-refractivity contribution >= 4 is 10.0 Å². The third-order valence-corrected chi connectivity index (χ3v) is 4.52. The maximum absolute atomic E-state index is 13.0. The minimum absolute atomic E-state index is 0.148. The van der Waals surface area contributed by atoms with Gasteiger partial charge in [0.2, 0.25) is 10.0 Å². The van der Waals surface area contributed by atoms with Crippen molar-refractivity contribution in [3.63, 3.8) is 0 Å². The van der Waals surface area contributed by atoms with Gasteiger partial charge in [0.05, 0.1) is 4.90 Å². The zero-order valence-corrected chi connectivity index (χ0v) is 10.5. The smallest absolute Gasteiger partial charge is 0.207 e. The van der Waals surface area contributed by atoms with Crippen molar-refractivity contribution in [1.29, 1.82) is 0 Å².